The molecule has 1 rings (SSSR count). The minimum absolute atomic E-state index is 0.385. The second-order valence-corrected chi connectivity index (χ2v) is 6.55. The molecule has 3 nitrogen and oxygen atoms in total. The minimum Gasteiger partial charge on any atom is -0.207 e. The summed E-state index contributed by atoms with van der Waals surface area (Å²) in [6, 6.07) is 3.69. The molecular weight excluding hydrogens is 279 g/mol. The van der Waals surface area contributed by atoms with Crippen LogP contribution in [0.3, 0.4) is 0 Å². The highest BCUT2D eigenvalue weighted by atomic mass is 32.2. The number of hydrogen-bond acceptors (Lipinski definition) is 2. The molecule has 0 heterocycles. The molecule has 7 heteroatoms. The highest BCUT2D eigenvalue weighted by Gasteiger charge is 2.32. The Morgan fingerprint density at radius 1 is 1.21 bits per heavy atom. The Morgan fingerprint density at radius 3 is 2.26 bits per heavy atom. The lowest BCUT2D eigenvalue weighted by Crippen LogP contribution is -2.42. The van der Waals surface area contributed by atoms with Crippen molar-refractivity contribution in [2.45, 2.75) is 43.8 Å². The Morgan fingerprint density at radius 2 is 1.79 bits per heavy atom. The molecule has 108 valence electrons. The van der Waals surface area contributed by atoms with Gasteiger partial charge in [0.05, 0.1) is 10.5 Å². The number of sulfonamides is 1. The van der Waals surface area contributed by atoms with Crippen molar-refractivity contribution in [3.8, 4) is 0 Å². The predicted molar refractivity (Wildman–Crippen MR) is 66.1 cm³/mol. The predicted octanol–water partition coefficient (Wildman–Crippen LogP) is 3.17. The number of benzene rings is 1. The second kappa shape index (κ2) is 5.13. The van der Waals surface area contributed by atoms with E-state index in [0.29, 0.717) is 12.5 Å². The van der Waals surface area contributed by atoms with Gasteiger partial charge in [-0.15, -0.1) is 0 Å². The average Bonchev–Trinajstić information content (AvgIpc) is 2.27. The first kappa shape index (κ1) is 16.0. The molecule has 0 fully saturated rings. The molecule has 0 radical (unpaired) electrons. The van der Waals surface area contributed by atoms with Crippen LogP contribution in [0.15, 0.2) is 29.2 Å². The van der Waals surface area contributed by atoms with Gasteiger partial charge in [0.25, 0.3) is 0 Å². The van der Waals surface area contributed by atoms with Crippen LogP contribution >= 0.6 is 0 Å². The average molecular weight is 295 g/mol. The van der Waals surface area contributed by atoms with Crippen LogP contribution in [-0.2, 0) is 16.2 Å². The van der Waals surface area contributed by atoms with Crippen LogP contribution < -0.4 is 4.72 Å². The SMILES string of the molecule is CCC(C)(C)NS(=O)(=O)c1cccc(C(F)(F)F)c1. The fourth-order valence-electron chi connectivity index (χ4n) is 1.33. The Hall–Kier alpha value is -1.08. The van der Waals surface area contributed by atoms with Gasteiger partial charge in [0.2, 0.25) is 10.0 Å². The van der Waals surface area contributed by atoms with E-state index in [1.165, 1.54) is 0 Å². The van der Waals surface area contributed by atoms with Gasteiger partial charge in [0.15, 0.2) is 0 Å². The van der Waals surface area contributed by atoms with E-state index in [4.69, 9.17) is 0 Å². The van der Waals surface area contributed by atoms with Crippen molar-refractivity contribution in [2.24, 2.45) is 0 Å². The van der Waals surface area contributed by atoms with Gasteiger partial charge in [-0.05, 0) is 38.5 Å². The molecule has 0 aliphatic rings. The van der Waals surface area contributed by atoms with E-state index in [-0.39, 0.29) is 4.90 Å². The third kappa shape index (κ3) is 4.21. The number of nitrogens with one attached hydrogen (secondary N) is 1. The molecule has 1 aromatic carbocycles. The number of alkyl halides is 3. The molecule has 0 aliphatic carbocycles. The van der Waals surface area contributed by atoms with Crippen LogP contribution in [0, 0.1) is 0 Å². The van der Waals surface area contributed by atoms with Crippen LogP contribution in [0.25, 0.3) is 0 Å². The standard InChI is InChI=1S/C12H16F3NO2S/c1-4-11(2,3)16-19(17,18)10-7-5-6-9(8-10)12(13,14)15/h5-8,16H,4H2,1-3H3. The van der Waals surface area contributed by atoms with Gasteiger partial charge in [-0.25, -0.2) is 13.1 Å². The number of rotatable bonds is 4. The van der Waals surface area contributed by atoms with E-state index in [1.54, 1.807) is 20.8 Å². The lowest BCUT2D eigenvalue weighted by Gasteiger charge is -2.24. The monoisotopic (exact) mass is 295 g/mol. The molecule has 0 amide bonds. The summed E-state index contributed by atoms with van der Waals surface area (Å²) in [7, 11) is -3.96. The fraction of sp³-hybridized carbons (Fsp3) is 0.500. The van der Waals surface area contributed by atoms with Gasteiger partial charge in [-0.3, -0.25) is 0 Å². The lowest BCUT2D eigenvalue weighted by atomic mass is 10.0. The maximum atomic E-state index is 12.5. The van der Waals surface area contributed by atoms with Crippen molar-refractivity contribution in [2.75, 3.05) is 0 Å². The smallest absolute Gasteiger partial charge is 0.207 e. The first-order valence-corrected chi connectivity index (χ1v) is 7.17. The molecule has 0 spiro atoms. The molecule has 0 bridgehead atoms. The Balaban J connectivity index is 3.17. The van der Waals surface area contributed by atoms with Crippen molar-refractivity contribution in [1.82, 2.24) is 4.72 Å². The normalized spacial score (nSPS) is 13.6. The topological polar surface area (TPSA) is 46.2 Å². The van der Waals surface area contributed by atoms with Crippen LogP contribution in [0.2, 0.25) is 0 Å². The fourth-order valence-corrected chi connectivity index (χ4v) is 2.86. The molecular formula is C12H16F3NO2S. The van der Waals surface area contributed by atoms with Crippen molar-refractivity contribution >= 4 is 10.0 Å². The molecule has 0 unspecified atom stereocenters. The first-order chi connectivity index (χ1) is 8.48. The summed E-state index contributed by atoms with van der Waals surface area (Å²) in [6.07, 6.45) is -4.04. The van der Waals surface area contributed by atoms with E-state index >= 15 is 0 Å². The summed E-state index contributed by atoms with van der Waals surface area (Å²) in [5.41, 5.74) is -1.70. The molecule has 19 heavy (non-hydrogen) atoms. The molecule has 1 aromatic rings. The lowest BCUT2D eigenvalue weighted by molar-refractivity contribution is -0.137. The van der Waals surface area contributed by atoms with Crippen LogP contribution in [0.5, 0.6) is 0 Å². The van der Waals surface area contributed by atoms with Gasteiger partial charge in [0.1, 0.15) is 0 Å². The largest absolute Gasteiger partial charge is 0.416 e. The summed E-state index contributed by atoms with van der Waals surface area (Å²) in [4.78, 5) is -0.385. The van der Waals surface area contributed by atoms with E-state index in [1.807, 2.05) is 0 Å². The Labute approximate surface area is 110 Å². The van der Waals surface area contributed by atoms with Crippen molar-refractivity contribution in [3.05, 3.63) is 29.8 Å². The maximum Gasteiger partial charge on any atom is 0.416 e. The van der Waals surface area contributed by atoms with Crippen LogP contribution in [0.4, 0.5) is 13.2 Å². The van der Waals surface area contributed by atoms with Gasteiger partial charge in [-0.1, -0.05) is 13.0 Å². The quantitative estimate of drug-likeness (QED) is 0.927. The van der Waals surface area contributed by atoms with E-state index < -0.39 is 27.3 Å². The zero-order valence-electron chi connectivity index (χ0n) is 10.9. The minimum atomic E-state index is -4.56. The number of hydrogen-bond donors (Lipinski definition) is 1. The summed E-state index contributed by atoms with van der Waals surface area (Å²) >= 11 is 0. The molecule has 0 saturated carbocycles. The summed E-state index contributed by atoms with van der Waals surface area (Å²) in [5.74, 6) is 0. The van der Waals surface area contributed by atoms with E-state index in [9.17, 15) is 21.6 Å². The summed E-state index contributed by atoms with van der Waals surface area (Å²) in [5, 5.41) is 0. The summed E-state index contributed by atoms with van der Waals surface area (Å²) < 4.78 is 64.0. The highest BCUT2D eigenvalue weighted by Crippen LogP contribution is 2.30. The number of halogens is 3. The Bertz CT molecular complexity index is 550. The van der Waals surface area contributed by atoms with Gasteiger partial charge in [-0.2, -0.15) is 13.2 Å². The maximum absolute atomic E-state index is 12.5. The molecule has 0 aromatic heterocycles. The molecule has 1 N–H and O–H groups in total. The van der Waals surface area contributed by atoms with Crippen LogP contribution in [0.1, 0.15) is 32.8 Å². The molecule has 0 saturated heterocycles. The third-order valence-electron chi connectivity index (χ3n) is 2.77. The van der Waals surface area contributed by atoms with Crippen molar-refractivity contribution in [1.29, 1.82) is 0 Å². The van der Waals surface area contributed by atoms with E-state index in [2.05, 4.69) is 4.72 Å². The van der Waals surface area contributed by atoms with Crippen LogP contribution in [-0.4, -0.2) is 14.0 Å². The Kier molecular flexibility index (Phi) is 4.31. The van der Waals surface area contributed by atoms with E-state index in [0.717, 1.165) is 18.2 Å². The second-order valence-electron chi connectivity index (χ2n) is 4.87. The van der Waals surface area contributed by atoms with Gasteiger partial charge < -0.3 is 0 Å². The molecule has 0 atom stereocenters. The first-order valence-electron chi connectivity index (χ1n) is 5.69. The third-order valence-corrected chi connectivity index (χ3v) is 4.46. The van der Waals surface area contributed by atoms with Gasteiger partial charge >= 0.3 is 6.18 Å². The van der Waals surface area contributed by atoms with Crippen molar-refractivity contribution in [3.63, 3.8) is 0 Å². The zero-order chi connectivity index (χ0) is 14.9. The van der Waals surface area contributed by atoms with Crippen molar-refractivity contribution < 1.29 is 21.6 Å². The zero-order valence-corrected chi connectivity index (χ0v) is 11.7. The van der Waals surface area contributed by atoms with Gasteiger partial charge in [0, 0.05) is 5.54 Å². The summed E-state index contributed by atoms with van der Waals surface area (Å²) in [6.45, 7) is 5.12. The molecule has 0 aliphatic heterocycles. The highest BCUT2D eigenvalue weighted by molar-refractivity contribution is 7.89.